The zero-order chi connectivity index (χ0) is 14.0. The summed E-state index contributed by atoms with van der Waals surface area (Å²) in [6.07, 6.45) is 12.1. The van der Waals surface area contributed by atoms with Gasteiger partial charge in [-0.25, -0.2) is 0 Å². The van der Waals surface area contributed by atoms with Crippen molar-refractivity contribution in [2.24, 2.45) is 5.73 Å². The van der Waals surface area contributed by atoms with Crippen molar-refractivity contribution in [1.82, 2.24) is 0 Å². The molecule has 2 heteroatoms. The van der Waals surface area contributed by atoms with Gasteiger partial charge in [-0.1, -0.05) is 60.2 Å². The van der Waals surface area contributed by atoms with E-state index in [2.05, 4.69) is 34.1 Å². The molecule has 20 heavy (non-hydrogen) atoms. The fraction of sp³-hybridized carbons (Fsp3) is 0.667. The second kappa shape index (κ2) is 6.19. The van der Waals surface area contributed by atoms with Crippen molar-refractivity contribution in [3.05, 3.63) is 33.8 Å². The van der Waals surface area contributed by atoms with Crippen molar-refractivity contribution < 1.29 is 0 Å². The molecule has 0 unspecified atom stereocenters. The average molecular weight is 336 g/mol. The second-order valence-electron chi connectivity index (χ2n) is 6.76. The molecule has 3 rings (SSSR count). The molecule has 2 fully saturated rings. The number of benzene rings is 1. The Morgan fingerprint density at radius 1 is 1.05 bits per heavy atom. The average Bonchev–Trinajstić information content (AvgIpc) is 3.02. The molecular weight excluding hydrogens is 310 g/mol. The van der Waals surface area contributed by atoms with Gasteiger partial charge in [0.1, 0.15) is 0 Å². The molecule has 0 aromatic heterocycles. The Bertz CT molecular complexity index is 456. The summed E-state index contributed by atoms with van der Waals surface area (Å²) in [6, 6.07) is 7.13. The highest BCUT2D eigenvalue weighted by molar-refractivity contribution is 9.10. The lowest BCUT2D eigenvalue weighted by atomic mass is 9.69. The van der Waals surface area contributed by atoms with E-state index < -0.39 is 0 Å². The van der Waals surface area contributed by atoms with E-state index in [0.29, 0.717) is 0 Å². The monoisotopic (exact) mass is 335 g/mol. The van der Waals surface area contributed by atoms with E-state index in [1.165, 1.54) is 73.4 Å². The smallest absolute Gasteiger partial charge is 0.0213 e. The maximum absolute atomic E-state index is 6.17. The lowest BCUT2D eigenvalue weighted by molar-refractivity contribution is 0.300. The molecule has 0 bridgehead atoms. The van der Waals surface area contributed by atoms with E-state index in [9.17, 15) is 0 Å². The minimum atomic E-state index is 0.245. The van der Waals surface area contributed by atoms with E-state index in [-0.39, 0.29) is 5.41 Å². The lowest BCUT2D eigenvalue weighted by Gasteiger charge is -2.37. The standard InChI is InChI=1S/C18H26BrN/c19-17-12-15(18(13-20)10-4-1-5-11-18)8-9-16(17)14-6-2-3-7-14/h8-9,12,14H,1-7,10-11,13,20H2. The summed E-state index contributed by atoms with van der Waals surface area (Å²) >= 11 is 3.84. The maximum atomic E-state index is 6.17. The molecule has 2 aliphatic rings. The summed E-state index contributed by atoms with van der Waals surface area (Å²) in [4.78, 5) is 0. The number of hydrogen-bond acceptors (Lipinski definition) is 1. The topological polar surface area (TPSA) is 26.0 Å². The van der Waals surface area contributed by atoms with Crippen LogP contribution in [0, 0.1) is 0 Å². The Kier molecular flexibility index (Phi) is 4.52. The normalized spacial score (nSPS) is 23.1. The third-order valence-corrected chi connectivity index (χ3v) is 6.30. The minimum Gasteiger partial charge on any atom is -0.330 e. The van der Waals surface area contributed by atoms with Gasteiger partial charge in [0, 0.05) is 16.4 Å². The van der Waals surface area contributed by atoms with Gasteiger partial charge in [-0.2, -0.15) is 0 Å². The zero-order valence-electron chi connectivity index (χ0n) is 12.3. The summed E-state index contributed by atoms with van der Waals surface area (Å²) in [5.41, 5.74) is 9.40. The van der Waals surface area contributed by atoms with Crippen molar-refractivity contribution in [2.75, 3.05) is 6.54 Å². The van der Waals surface area contributed by atoms with Crippen molar-refractivity contribution in [1.29, 1.82) is 0 Å². The maximum Gasteiger partial charge on any atom is 0.0213 e. The van der Waals surface area contributed by atoms with E-state index in [4.69, 9.17) is 5.73 Å². The Morgan fingerprint density at radius 2 is 1.75 bits per heavy atom. The minimum absolute atomic E-state index is 0.245. The van der Waals surface area contributed by atoms with Gasteiger partial charge in [0.05, 0.1) is 0 Å². The number of halogens is 1. The van der Waals surface area contributed by atoms with Crippen LogP contribution in [-0.4, -0.2) is 6.54 Å². The van der Waals surface area contributed by atoms with Crippen LogP contribution in [0.25, 0.3) is 0 Å². The molecular formula is C18H26BrN. The largest absolute Gasteiger partial charge is 0.330 e. The molecule has 2 saturated carbocycles. The molecule has 0 amide bonds. The molecule has 1 aromatic carbocycles. The van der Waals surface area contributed by atoms with Crippen LogP contribution in [0.5, 0.6) is 0 Å². The van der Waals surface area contributed by atoms with Gasteiger partial charge in [-0.05, 0) is 48.8 Å². The van der Waals surface area contributed by atoms with Gasteiger partial charge >= 0.3 is 0 Å². The first-order chi connectivity index (χ1) is 9.75. The first-order valence-electron chi connectivity index (χ1n) is 8.25. The van der Waals surface area contributed by atoms with Crippen molar-refractivity contribution >= 4 is 15.9 Å². The summed E-state index contributed by atoms with van der Waals surface area (Å²) in [6.45, 7) is 0.794. The van der Waals surface area contributed by atoms with E-state index in [1.54, 1.807) is 0 Å². The predicted octanol–water partition coefficient (Wildman–Crippen LogP) is 5.27. The third kappa shape index (κ3) is 2.69. The molecule has 0 heterocycles. The van der Waals surface area contributed by atoms with Crippen LogP contribution in [0.15, 0.2) is 22.7 Å². The Balaban J connectivity index is 1.88. The highest BCUT2D eigenvalue weighted by atomic mass is 79.9. The number of rotatable bonds is 3. The highest BCUT2D eigenvalue weighted by Crippen LogP contribution is 2.42. The van der Waals surface area contributed by atoms with Crippen LogP contribution in [-0.2, 0) is 5.41 Å². The van der Waals surface area contributed by atoms with Gasteiger partial charge < -0.3 is 5.73 Å². The van der Waals surface area contributed by atoms with Crippen LogP contribution in [0.2, 0.25) is 0 Å². The fourth-order valence-electron chi connectivity index (χ4n) is 4.26. The van der Waals surface area contributed by atoms with E-state index in [0.717, 1.165) is 12.5 Å². The Morgan fingerprint density at radius 3 is 2.35 bits per heavy atom. The van der Waals surface area contributed by atoms with Gasteiger partial charge in [0.25, 0.3) is 0 Å². The molecule has 1 nitrogen and oxygen atoms in total. The Labute approximate surface area is 131 Å². The molecule has 0 saturated heterocycles. The van der Waals surface area contributed by atoms with Crippen LogP contribution >= 0.6 is 15.9 Å². The van der Waals surface area contributed by atoms with Crippen LogP contribution in [0.1, 0.15) is 74.8 Å². The van der Waals surface area contributed by atoms with Crippen LogP contribution in [0.4, 0.5) is 0 Å². The van der Waals surface area contributed by atoms with Gasteiger partial charge in [-0.15, -0.1) is 0 Å². The summed E-state index contributed by atoms with van der Waals surface area (Å²) < 4.78 is 1.32. The number of hydrogen-bond donors (Lipinski definition) is 1. The highest BCUT2D eigenvalue weighted by Gasteiger charge is 2.33. The fourth-order valence-corrected chi connectivity index (χ4v) is 4.97. The molecule has 0 radical (unpaired) electrons. The Hall–Kier alpha value is -0.340. The molecule has 0 spiro atoms. The number of nitrogens with two attached hydrogens (primary N) is 1. The first-order valence-corrected chi connectivity index (χ1v) is 9.04. The van der Waals surface area contributed by atoms with Crippen LogP contribution in [0.3, 0.4) is 0 Å². The van der Waals surface area contributed by atoms with Gasteiger partial charge in [-0.3, -0.25) is 0 Å². The summed E-state index contributed by atoms with van der Waals surface area (Å²) in [5.74, 6) is 0.776. The molecule has 0 atom stereocenters. The van der Waals surface area contributed by atoms with E-state index in [1.807, 2.05) is 0 Å². The van der Waals surface area contributed by atoms with Crippen molar-refractivity contribution in [3.63, 3.8) is 0 Å². The first kappa shape index (κ1) is 14.6. The van der Waals surface area contributed by atoms with Crippen molar-refractivity contribution in [2.45, 2.75) is 69.1 Å². The van der Waals surface area contributed by atoms with E-state index >= 15 is 0 Å². The van der Waals surface area contributed by atoms with Crippen molar-refractivity contribution in [3.8, 4) is 0 Å². The summed E-state index contributed by atoms with van der Waals surface area (Å²) in [7, 11) is 0. The third-order valence-electron chi connectivity index (χ3n) is 5.61. The summed E-state index contributed by atoms with van der Waals surface area (Å²) in [5, 5.41) is 0. The van der Waals surface area contributed by atoms with Gasteiger partial charge in [0.2, 0.25) is 0 Å². The molecule has 1 aromatic rings. The van der Waals surface area contributed by atoms with Gasteiger partial charge in [0.15, 0.2) is 0 Å². The van der Waals surface area contributed by atoms with Crippen LogP contribution < -0.4 is 5.73 Å². The second-order valence-corrected chi connectivity index (χ2v) is 7.62. The predicted molar refractivity (Wildman–Crippen MR) is 89.2 cm³/mol. The quantitative estimate of drug-likeness (QED) is 0.800. The molecule has 0 aliphatic heterocycles. The molecule has 110 valence electrons. The SMILES string of the molecule is NCC1(c2ccc(C3CCCC3)c(Br)c2)CCCCC1. The molecule has 2 aliphatic carbocycles. The molecule has 2 N–H and O–H groups in total. The zero-order valence-corrected chi connectivity index (χ0v) is 13.9. The lowest BCUT2D eigenvalue weighted by Crippen LogP contribution is -2.37.